The Hall–Kier alpha value is -0.0500. The van der Waals surface area contributed by atoms with E-state index < -0.39 is 0 Å². The molecule has 0 bridgehead atoms. The third-order valence-electron chi connectivity index (χ3n) is 2.52. The summed E-state index contributed by atoms with van der Waals surface area (Å²) in [7, 11) is 0. The van der Waals surface area contributed by atoms with Gasteiger partial charge < -0.3 is 4.90 Å². The van der Waals surface area contributed by atoms with E-state index in [4.69, 9.17) is 0 Å². The normalized spacial score (nSPS) is 19.3. The minimum Gasteiger partial charge on any atom is -0.343 e. The molecule has 0 aromatic carbocycles. The minimum atomic E-state index is 0.318. The zero-order valence-corrected chi connectivity index (χ0v) is 9.68. The zero-order chi connectivity index (χ0) is 9.52. The third kappa shape index (κ3) is 4.12. The van der Waals surface area contributed by atoms with Gasteiger partial charge in [-0.2, -0.15) is 0 Å². The second-order valence-electron chi connectivity index (χ2n) is 3.59. The van der Waals surface area contributed by atoms with Crippen LogP contribution in [0, 0.1) is 0 Å². The van der Waals surface area contributed by atoms with E-state index in [-0.39, 0.29) is 0 Å². The first-order valence-corrected chi connectivity index (χ1v) is 6.30. The number of rotatable bonds is 2. The van der Waals surface area contributed by atoms with Crippen LogP contribution in [0.3, 0.4) is 0 Å². The Balaban J connectivity index is 2.32. The number of carbonyl (C=O) groups is 1. The molecule has 2 nitrogen and oxygen atoms in total. The monoisotopic (exact) mass is 247 g/mol. The highest BCUT2D eigenvalue weighted by Crippen LogP contribution is 2.11. The predicted molar refractivity (Wildman–Crippen MR) is 58.1 cm³/mol. The Bertz CT molecular complexity index is 153. The van der Waals surface area contributed by atoms with Gasteiger partial charge in [-0.3, -0.25) is 4.79 Å². The molecule has 76 valence electrons. The lowest BCUT2D eigenvalue weighted by Gasteiger charge is -2.24. The fourth-order valence-corrected chi connectivity index (χ4v) is 2.07. The summed E-state index contributed by atoms with van der Waals surface area (Å²) >= 11 is 3.30. The maximum Gasteiger partial charge on any atom is 0.223 e. The van der Waals surface area contributed by atoms with Crippen LogP contribution in [0.15, 0.2) is 0 Å². The molecule has 0 aromatic heterocycles. The Morgan fingerprint density at radius 1 is 1.08 bits per heavy atom. The standard InChI is InChI=1S/C10H18BrNO/c11-7-6-10(13)12-8-4-2-1-3-5-9-12/h1-9H2. The van der Waals surface area contributed by atoms with Gasteiger partial charge in [-0.05, 0) is 12.8 Å². The summed E-state index contributed by atoms with van der Waals surface area (Å²) in [5.41, 5.74) is 0. The molecular formula is C10H18BrNO. The number of hydrogen-bond donors (Lipinski definition) is 0. The van der Waals surface area contributed by atoms with Gasteiger partial charge in [0.05, 0.1) is 0 Å². The summed E-state index contributed by atoms with van der Waals surface area (Å²) in [5.74, 6) is 0.318. The lowest BCUT2D eigenvalue weighted by Crippen LogP contribution is -2.33. The van der Waals surface area contributed by atoms with E-state index in [0.29, 0.717) is 12.3 Å². The van der Waals surface area contributed by atoms with Crippen LogP contribution in [0.5, 0.6) is 0 Å². The van der Waals surface area contributed by atoms with Crippen LogP contribution >= 0.6 is 15.9 Å². The third-order valence-corrected chi connectivity index (χ3v) is 2.91. The molecule has 13 heavy (non-hydrogen) atoms. The lowest BCUT2D eigenvalue weighted by molar-refractivity contribution is -0.131. The van der Waals surface area contributed by atoms with Gasteiger partial charge in [-0.15, -0.1) is 0 Å². The van der Waals surface area contributed by atoms with Crippen molar-refractivity contribution in [2.45, 2.75) is 38.5 Å². The summed E-state index contributed by atoms with van der Waals surface area (Å²) in [6.07, 6.45) is 6.96. The van der Waals surface area contributed by atoms with Gasteiger partial charge in [0.15, 0.2) is 0 Å². The molecule has 0 aliphatic carbocycles. The van der Waals surface area contributed by atoms with Crippen molar-refractivity contribution < 1.29 is 4.79 Å². The van der Waals surface area contributed by atoms with Crippen molar-refractivity contribution in [1.82, 2.24) is 4.90 Å². The van der Waals surface area contributed by atoms with Gasteiger partial charge in [-0.1, -0.05) is 35.2 Å². The summed E-state index contributed by atoms with van der Waals surface area (Å²) in [6.45, 7) is 1.96. The number of hydrogen-bond acceptors (Lipinski definition) is 1. The maximum absolute atomic E-state index is 11.6. The van der Waals surface area contributed by atoms with Crippen LogP contribution in [-0.2, 0) is 4.79 Å². The summed E-state index contributed by atoms with van der Waals surface area (Å²) in [6, 6.07) is 0. The molecule has 1 amide bonds. The fraction of sp³-hybridized carbons (Fsp3) is 0.900. The molecule has 1 rings (SSSR count). The molecule has 0 aromatic rings. The number of nitrogens with zero attached hydrogens (tertiary/aromatic N) is 1. The van der Waals surface area contributed by atoms with Crippen molar-refractivity contribution in [2.75, 3.05) is 18.4 Å². The lowest BCUT2D eigenvalue weighted by atomic mass is 10.1. The first-order chi connectivity index (χ1) is 6.34. The smallest absolute Gasteiger partial charge is 0.223 e. The highest BCUT2D eigenvalue weighted by Gasteiger charge is 2.13. The average molecular weight is 248 g/mol. The first kappa shape index (κ1) is 11.0. The zero-order valence-electron chi connectivity index (χ0n) is 8.10. The van der Waals surface area contributed by atoms with Crippen LogP contribution in [0.25, 0.3) is 0 Å². The summed E-state index contributed by atoms with van der Waals surface area (Å²) in [5, 5.41) is 0.794. The predicted octanol–water partition coefficient (Wildman–Crippen LogP) is 2.56. The quantitative estimate of drug-likeness (QED) is 0.688. The van der Waals surface area contributed by atoms with Gasteiger partial charge in [0, 0.05) is 24.8 Å². The van der Waals surface area contributed by atoms with Crippen molar-refractivity contribution in [1.29, 1.82) is 0 Å². The molecule has 0 spiro atoms. The second kappa shape index (κ2) is 6.41. The first-order valence-electron chi connectivity index (χ1n) is 5.18. The molecule has 1 fully saturated rings. The molecule has 0 saturated carbocycles. The van der Waals surface area contributed by atoms with Crippen molar-refractivity contribution in [3.05, 3.63) is 0 Å². The highest BCUT2D eigenvalue weighted by atomic mass is 79.9. The van der Waals surface area contributed by atoms with Crippen LogP contribution in [0.1, 0.15) is 38.5 Å². The number of halogens is 1. The molecule has 0 atom stereocenters. The molecule has 1 heterocycles. The summed E-state index contributed by atoms with van der Waals surface area (Å²) in [4.78, 5) is 13.6. The van der Waals surface area contributed by atoms with E-state index in [9.17, 15) is 4.79 Å². The molecule has 0 unspecified atom stereocenters. The van der Waals surface area contributed by atoms with E-state index in [0.717, 1.165) is 18.4 Å². The Kier molecular flexibility index (Phi) is 5.44. The second-order valence-corrected chi connectivity index (χ2v) is 4.38. The minimum absolute atomic E-state index is 0.318. The van der Waals surface area contributed by atoms with Crippen LogP contribution in [0.2, 0.25) is 0 Å². The van der Waals surface area contributed by atoms with Crippen LogP contribution in [0.4, 0.5) is 0 Å². The van der Waals surface area contributed by atoms with Crippen molar-refractivity contribution in [3.63, 3.8) is 0 Å². The van der Waals surface area contributed by atoms with Gasteiger partial charge in [0.25, 0.3) is 0 Å². The molecular weight excluding hydrogens is 230 g/mol. The van der Waals surface area contributed by atoms with Crippen molar-refractivity contribution in [2.24, 2.45) is 0 Å². The van der Waals surface area contributed by atoms with E-state index in [1.54, 1.807) is 0 Å². The largest absolute Gasteiger partial charge is 0.343 e. The number of likely N-dealkylation sites (tertiary alicyclic amines) is 1. The fourth-order valence-electron chi connectivity index (χ4n) is 1.74. The van der Waals surface area contributed by atoms with E-state index in [1.807, 2.05) is 4.90 Å². The van der Waals surface area contributed by atoms with Crippen LogP contribution in [-0.4, -0.2) is 29.2 Å². The van der Waals surface area contributed by atoms with Crippen molar-refractivity contribution >= 4 is 21.8 Å². The number of amides is 1. The average Bonchev–Trinajstić information content (AvgIpc) is 2.03. The van der Waals surface area contributed by atoms with Gasteiger partial charge in [-0.25, -0.2) is 0 Å². The molecule has 1 aliphatic heterocycles. The number of alkyl halides is 1. The Morgan fingerprint density at radius 3 is 2.15 bits per heavy atom. The summed E-state index contributed by atoms with van der Waals surface area (Å²) < 4.78 is 0. The maximum atomic E-state index is 11.6. The molecule has 1 aliphatic rings. The van der Waals surface area contributed by atoms with Crippen molar-refractivity contribution in [3.8, 4) is 0 Å². The molecule has 0 radical (unpaired) electrons. The molecule has 3 heteroatoms. The Labute approximate surface area is 88.8 Å². The van der Waals surface area contributed by atoms with E-state index in [1.165, 1.54) is 32.1 Å². The van der Waals surface area contributed by atoms with Gasteiger partial charge in [0.1, 0.15) is 0 Å². The SMILES string of the molecule is O=C(CCBr)N1CCCCCCC1. The number of carbonyl (C=O) groups excluding carboxylic acids is 1. The van der Waals surface area contributed by atoms with Gasteiger partial charge >= 0.3 is 0 Å². The van der Waals surface area contributed by atoms with E-state index in [2.05, 4.69) is 15.9 Å². The van der Waals surface area contributed by atoms with Gasteiger partial charge in [0.2, 0.25) is 5.91 Å². The Morgan fingerprint density at radius 2 is 1.62 bits per heavy atom. The van der Waals surface area contributed by atoms with E-state index >= 15 is 0 Å². The topological polar surface area (TPSA) is 20.3 Å². The molecule has 1 saturated heterocycles. The highest BCUT2D eigenvalue weighted by molar-refractivity contribution is 9.09. The molecule has 0 N–H and O–H groups in total. The van der Waals surface area contributed by atoms with Crippen LogP contribution < -0.4 is 0 Å².